The van der Waals surface area contributed by atoms with E-state index < -0.39 is 0 Å². The molecule has 0 aromatic rings. The van der Waals surface area contributed by atoms with Gasteiger partial charge in [-0.25, -0.2) is 0 Å². The number of carbonyl (C=O) groups is 1. The van der Waals surface area contributed by atoms with Crippen molar-refractivity contribution in [3.63, 3.8) is 0 Å². The molecule has 3 aliphatic rings. The highest BCUT2D eigenvalue weighted by molar-refractivity contribution is 5.82. The van der Waals surface area contributed by atoms with Crippen molar-refractivity contribution in [1.29, 1.82) is 0 Å². The van der Waals surface area contributed by atoms with Gasteiger partial charge in [0.2, 0.25) is 5.91 Å². The molecule has 3 heteroatoms. The van der Waals surface area contributed by atoms with E-state index >= 15 is 0 Å². The minimum absolute atomic E-state index is 0.241. The van der Waals surface area contributed by atoms with Crippen molar-refractivity contribution in [3.8, 4) is 0 Å². The van der Waals surface area contributed by atoms with Crippen molar-refractivity contribution in [3.05, 3.63) is 0 Å². The van der Waals surface area contributed by atoms with Gasteiger partial charge in [0.05, 0.1) is 0 Å². The number of hydrogen-bond acceptors (Lipinski definition) is 2. The summed E-state index contributed by atoms with van der Waals surface area (Å²) in [5.74, 6) is 2.41. The predicted molar refractivity (Wildman–Crippen MR) is 72.2 cm³/mol. The van der Waals surface area contributed by atoms with Crippen molar-refractivity contribution < 1.29 is 4.79 Å². The largest absolute Gasteiger partial charge is 0.340 e. The van der Waals surface area contributed by atoms with Crippen LogP contribution in [-0.2, 0) is 4.79 Å². The highest BCUT2D eigenvalue weighted by atomic mass is 16.2. The summed E-state index contributed by atoms with van der Waals surface area (Å²) in [5, 5.41) is 0. The molecule has 2 saturated carbocycles. The number of piperazine rings is 1. The minimum atomic E-state index is 0.241. The van der Waals surface area contributed by atoms with E-state index in [-0.39, 0.29) is 5.54 Å². The molecule has 0 aromatic heterocycles. The second-order valence-corrected chi connectivity index (χ2v) is 7.27. The molecule has 3 fully saturated rings. The Morgan fingerprint density at radius 2 is 1.56 bits per heavy atom. The van der Waals surface area contributed by atoms with Gasteiger partial charge < -0.3 is 4.90 Å². The van der Waals surface area contributed by atoms with Crippen molar-refractivity contribution in [2.24, 2.45) is 17.8 Å². The number of rotatable bonds is 1. The lowest BCUT2D eigenvalue weighted by Gasteiger charge is -2.42. The molecular weight excluding hydrogens is 224 g/mol. The number of fused-ring (bicyclic) bond motifs is 1. The summed E-state index contributed by atoms with van der Waals surface area (Å²) in [4.78, 5) is 17.1. The topological polar surface area (TPSA) is 23.6 Å². The summed E-state index contributed by atoms with van der Waals surface area (Å²) in [5.41, 5.74) is 0.241. The Bertz CT molecular complexity index is 329. The third-order valence-electron chi connectivity index (χ3n) is 5.23. The van der Waals surface area contributed by atoms with Crippen LogP contribution in [0.1, 0.15) is 40.0 Å². The van der Waals surface area contributed by atoms with Gasteiger partial charge in [0.15, 0.2) is 0 Å². The quantitative estimate of drug-likeness (QED) is 0.710. The van der Waals surface area contributed by atoms with Gasteiger partial charge in [-0.05, 0) is 45.4 Å². The number of carbonyl (C=O) groups excluding carboxylic acids is 1. The summed E-state index contributed by atoms with van der Waals surface area (Å²) in [7, 11) is 0. The molecule has 18 heavy (non-hydrogen) atoms. The van der Waals surface area contributed by atoms with Crippen LogP contribution in [0, 0.1) is 17.8 Å². The summed E-state index contributed by atoms with van der Waals surface area (Å²) in [6.45, 7) is 10.7. The molecule has 3 atom stereocenters. The van der Waals surface area contributed by atoms with Crippen LogP contribution in [0.25, 0.3) is 0 Å². The molecule has 1 heterocycles. The smallest absolute Gasteiger partial charge is 0.226 e. The van der Waals surface area contributed by atoms with Gasteiger partial charge in [0.1, 0.15) is 0 Å². The third kappa shape index (κ3) is 2.07. The SMILES string of the molecule is CC(C)(C)N1CCN(C(=O)C2[C@H]3CCC[C@@H]23)CC1. The Morgan fingerprint density at radius 1 is 1.00 bits per heavy atom. The highest BCUT2D eigenvalue weighted by Gasteiger charge is 2.57. The van der Waals surface area contributed by atoms with Crippen molar-refractivity contribution in [2.45, 2.75) is 45.6 Å². The van der Waals surface area contributed by atoms with E-state index in [2.05, 4.69) is 30.6 Å². The minimum Gasteiger partial charge on any atom is -0.340 e. The molecule has 2 aliphatic carbocycles. The van der Waals surface area contributed by atoms with Crippen LogP contribution in [0.5, 0.6) is 0 Å². The average Bonchev–Trinajstić information content (AvgIpc) is 2.80. The molecule has 0 bridgehead atoms. The molecular formula is C15H26N2O. The van der Waals surface area contributed by atoms with Crippen LogP contribution in [0.4, 0.5) is 0 Å². The van der Waals surface area contributed by atoms with Crippen LogP contribution in [0.3, 0.4) is 0 Å². The monoisotopic (exact) mass is 250 g/mol. The van der Waals surface area contributed by atoms with Gasteiger partial charge in [-0.3, -0.25) is 9.69 Å². The van der Waals surface area contributed by atoms with Crippen molar-refractivity contribution in [2.75, 3.05) is 26.2 Å². The Kier molecular flexibility index (Phi) is 2.92. The molecule has 3 rings (SSSR count). The second kappa shape index (κ2) is 4.22. The first-order valence-corrected chi connectivity index (χ1v) is 7.52. The molecule has 0 spiro atoms. The molecule has 102 valence electrons. The lowest BCUT2D eigenvalue weighted by molar-refractivity contribution is -0.136. The summed E-state index contributed by atoms with van der Waals surface area (Å²) >= 11 is 0. The number of nitrogens with zero attached hydrogens (tertiary/aromatic N) is 2. The van der Waals surface area contributed by atoms with Gasteiger partial charge in [-0.1, -0.05) is 6.42 Å². The first-order chi connectivity index (χ1) is 8.48. The second-order valence-electron chi connectivity index (χ2n) is 7.27. The van der Waals surface area contributed by atoms with Gasteiger partial charge >= 0.3 is 0 Å². The third-order valence-corrected chi connectivity index (χ3v) is 5.23. The number of amides is 1. The van der Waals surface area contributed by atoms with E-state index in [0.29, 0.717) is 11.8 Å². The van der Waals surface area contributed by atoms with E-state index in [0.717, 1.165) is 38.0 Å². The Morgan fingerprint density at radius 3 is 2.06 bits per heavy atom. The highest BCUT2D eigenvalue weighted by Crippen LogP contribution is 2.58. The average molecular weight is 250 g/mol. The first-order valence-electron chi connectivity index (χ1n) is 7.52. The maximum Gasteiger partial charge on any atom is 0.226 e. The van der Waals surface area contributed by atoms with Gasteiger partial charge in [0.25, 0.3) is 0 Å². The van der Waals surface area contributed by atoms with Crippen molar-refractivity contribution >= 4 is 5.91 Å². The molecule has 3 nitrogen and oxygen atoms in total. The van der Waals surface area contributed by atoms with Gasteiger partial charge in [0, 0.05) is 37.6 Å². The molecule has 1 amide bonds. The zero-order chi connectivity index (χ0) is 12.9. The molecule has 1 unspecified atom stereocenters. The fraction of sp³-hybridized carbons (Fsp3) is 0.933. The summed E-state index contributed by atoms with van der Waals surface area (Å²) < 4.78 is 0. The Hall–Kier alpha value is -0.570. The fourth-order valence-electron chi connectivity index (χ4n) is 4.00. The summed E-state index contributed by atoms with van der Waals surface area (Å²) in [6, 6.07) is 0. The first kappa shape index (κ1) is 12.5. The fourth-order valence-corrected chi connectivity index (χ4v) is 4.00. The zero-order valence-electron chi connectivity index (χ0n) is 12.0. The van der Waals surface area contributed by atoms with Crippen LogP contribution in [0.2, 0.25) is 0 Å². The van der Waals surface area contributed by atoms with E-state index in [9.17, 15) is 4.79 Å². The molecule has 0 radical (unpaired) electrons. The van der Waals surface area contributed by atoms with E-state index in [4.69, 9.17) is 0 Å². The zero-order valence-corrected chi connectivity index (χ0v) is 12.0. The number of hydrogen-bond donors (Lipinski definition) is 0. The standard InChI is InChI=1S/C15H26N2O/c1-15(2,3)17-9-7-16(8-10-17)14(18)13-11-5-4-6-12(11)13/h11-13H,4-10H2,1-3H3/t11-,12+,13?. The van der Waals surface area contributed by atoms with E-state index in [1.54, 1.807) is 0 Å². The Labute approximate surface area is 111 Å². The lowest BCUT2D eigenvalue weighted by Crippen LogP contribution is -2.55. The Balaban J connectivity index is 1.53. The van der Waals surface area contributed by atoms with Gasteiger partial charge in [-0.2, -0.15) is 0 Å². The normalized spacial score (nSPS) is 36.6. The van der Waals surface area contributed by atoms with E-state index in [1.165, 1.54) is 19.3 Å². The van der Waals surface area contributed by atoms with Crippen LogP contribution in [0.15, 0.2) is 0 Å². The predicted octanol–water partition coefficient (Wildman–Crippen LogP) is 1.98. The van der Waals surface area contributed by atoms with E-state index in [1.807, 2.05) is 0 Å². The van der Waals surface area contributed by atoms with Crippen LogP contribution < -0.4 is 0 Å². The molecule has 0 N–H and O–H groups in total. The molecule has 1 saturated heterocycles. The lowest BCUT2D eigenvalue weighted by atomic mass is 10.0. The maximum atomic E-state index is 12.4. The van der Waals surface area contributed by atoms with Gasteiger partial charge in [-0.15, -0.1) is 0 Å². The summed E-state index contributed by atoms with van der Waals surface area (Å²) in [6.07, 6.45) is 3.98. The maximum absolute atomic E-state index is 12.4. The molecule has 0 aromatic carbocycles. The van der Waals surface area contributed by atoms with Crippen LogP contribution in [-0.4, -0.2) is 47.4 Å². The van der Waals surface area contributed by atoms with Crippen LogP contribution >= 0.6 is 0 Å². The van der Waals surface area contributed by atoms with Crippen molar-refractivity contribution in [1.82, 2.24) is 9.80 Å². The molecule has 1 aliphatic heterocycles.